The summed E-state index contributed by atoms with van der Waals surface area (Å²) in [7, 11) is 0. The molecule has 1 aromatic carbocycles. The second kappa shape index (κ2) is 5.91. The average molecular weight is 316 g/mol. The van der Waals surface area contributed by atoms with E-state index in [1.165, 1.54) is 0 Å². The van der Waals surface area contributed by atoms with Gasteiger partial charge in [0.2, 0.25) is 6.79 Å². The van der Waals surface area contributed by atoms with Crippen LogP contribution in [0.4, 0.5) is 0 Å². The van der Waals surface area contributed by atoms with Crippen molar-refractivity contribution in [1.29, 1.82) is 0 Å². The van der Waals surface area contributed by atoms with E-state index in [-0.39, 0.29) is 6.79 Å². The number of unbranched alkanes of at least 4 members (excludes halogenated alkanes) is 1. The summed E-state index contributed by atoms with van der Waals surface area (Å²) in [5.41, 5.74) is 6.95. The highest BCUT2D eigenvalue weighted by Gasteiger charge is 2.23. The lowest BCUT2D eigenvalue weighted by Crippen LogP contribution is -2.26. The van der Waals surface area contributed by atoms with Crippen molar-refractivity contribution in [2.45, 2.75) is 38.3 Å². The molecule has 0 saturated heterocycles. The van der Waals surface area contributed by atoms with Crippen molar-refractivity contribution in [3.05, 3.63) is 22.2 Å². The van der Waals surface area contributed by atoms with Crippen molar-refractivity contribution >= 4 is 15.9 Å². The van der Waals surface area contributed by atoms with Gasteiger partial charge in [-0.15, -0.1) is 0 Å². The van der Waals surface area contributed by atoms with E-state index in [0.29, 0.717) is 17.9 Å². The molecule has 0 bridgehead atoms. The standard InChI is InChI=1S/C13H18BrNO3/c1-2-3-4-10(16)13(15)8-5-11-12(6-9(8)14)18-7-17-11/h5-6,10,13,16H,2-4,7,15H2,1H3/t10-,13+/m1/s1. The number of aliphatic hydroxyl groups is 1. The smallest absolute Gasteiger partial charge is 0.231 e. The molecule has 0 aromatic heterocycles. The van der Waals surface area contributed by atoms with E-state index in [9.17, 15) is 5.11 Å². The Kier molecular flexibility index (Phi) is 4.48. The Morgan fingerprint density at radius 3 is 2.72 bits per heavy atom. The van der Waals surface area contributed by atoms with Gasteiger partial charge in [0.15, 0.2) is 11.5 Å². The summed E-state index contributed by atoms with van der Waals surface area (Å²) in [6, 6.07) is 3.26. The highest BCUT2D eigenvalue weighted by molar-refractivity contribution is 9.10. The third-order valence-corrected chi connectivity index (χ3v) is 3.81. The SMILES string of the molecule is CCCC[C@@H](O)[C@@H](N)c1cc2c(cc1Br)OCO2. The molecule has 3 N–H and O–H groups in total. The van der Waals surface area contributed by atoms with Gasteiger partial charge in [-0.2, -0.15) is 0 Å². The molecule has 1 aromatic rings. The van der Waals surface area contributed by atoms with Crippen molar-refractivity contribution in [3.8, 4) is 11.5 Å². The number of nitrogens with two attached hydrogens (primary N) is 1. The number of halogens is 1. The van der Waals surface area contributed by atoms with Crippen LogP contribution in [-0.2, 0) is 0 Å². The number of hydrogen-bond donors (Lipinski definition) is 2. The summed E-state index contributed by atoms with van der Waals surface area (Å²) in [6.45, 7) is 2.33. The summed E-state index contributed by atoms with van der Waals surface area (Å²) in [6.07, 6.45) is 2.18. The predicted molar refractivity (Wildman–Crippen MR) is 72.7 cm³/mol. The van der Waals surface area contributed by atoms with Gasteiger partial charge < -0.3 is 20.3 Å². The minimum absolute atomic E-state index is 0.235. The van der Waals surface area contributed by atoms with Crippen molar-refractivity contribution in [3.63, 3.8) is 0 Å². The highest BCUT2D eigenvalue weighted by Crippen LogP contribution is 2.39. The molecule has 1 heterocycles. The molecule has 18 heavy (non-hydrogen) atoms. The Bertz CT molecular complexity index is 425. The zero-order valence-electron chi connectivity index (χ0n) is 10.4. The fraction of sp³-hybridized carbons (Fsp3) is 0.538. The van der Waals surface area contributed by atoms with Gasteiger partial charge >= 0.3 is 0 Å². The molecule has 2 rings (SSSR count). The molecule has 0 aliphatic carbocycles. The van der Waals surface area contributed by atoms with E-state index in [4.69, 9.17) is 15.2 Å². The Morgan fingerprint density at radius 2 is 2.06 bits per heavy atom. The molecular weight excluding hydrogens is 298 g/mol. The number of ether oxygens (including phenoxy) is 2. The summed E-state index contributed by atoms with van der Waals surface area (Å²) < 4.78 is 11.5. The molecule has 5 heteroatoms. The van der Waals surface area contributed by atoms with Crippen LogP contribution in [-0.4, -0.2) is 18.0 Å². The van der Waals surface area contributed by atoms with E-state index < -0.39 is 12.1 Å². The van der Waals surface area contributed by atoms with Gasteiger partial charge in [0.25, 0.3) is 0 Å². The molecule has 4 nitrogen and oxygen atoms in total. The summed E-state index contributed by atoms with van der Waals surface area (Å²) in [5.74, 6) is 1.40. The van der Waals surface area contributed by atoms with E-state index in [1.807, 2.05) is 12.1 Å². The number of benzene rings is 1. The Hall–Kier alpha value is -0.780. The van der Waals surface area contributed by atoms with E-state index in [0.717, 1.165) is 22.9 Å². The minimum atomic E-state index is -0.540. The van der Waals surface area contributed by atoms with E-state index >= 15 is 0 Å². The molecule has 1 aliphatic rings. The van der Waals surface area contributed by atoms with Gasteiger partial charge in [0.1, 0.15) is 0 Å². The first-order valence-electron chi connectivity index (χ1n) is 6.16. The van der Waals surface area contributed by atoms with Crippen LogP contribution in [0.1, 0.15) is 37.8 Å². The summed E-state index contributed by atoms with van der Waals surface area (Å²) >= 11 is 3.46. The molecule has 0 radical (unpaired) electrons. The van der Waals surface area contributed by atoms with Crippen LogP contribution >= 0.6 is 15.9 Å². The number of rotatable bonds is 5. The Balaban J connectivity index is 2.17. The first-order valence-corrected chi connectivity index (χ1v) is 6.95. The van der Waals surface area contributed by atoms with Crippen molar-refractivity contribution in [1.82, 2.24) is 0 Å². The third-order valence-electron chi connectivity index (χ3n) is 3.12. The predicted octanol–water partition coefficient (Wildman–Crippen LogP) is 2.73. The van der Waals surface area contributed by atoms with Gasteiger partial charge in [-0.05, 0) is 24.1 Å². The number of aliphatic hydroxyl groups excluding tert-OH is 1. The van der Waals surface area contributed by atoms with E-state index in [2.05, 4.69) is 22.9 Å². The van der Waals surface area contributed by atoms with Crippen LogP contribution in [0.25, 0.3) is 0 Å². The van der Waals surface area contributed by atoms with Crippen LogP contribution in [0.15, 0.2) is 16.6 Å². The zero-order chi connectivity index (χ0) is 13.1. The monoisotopic (exact) mass is 315 g/mol. The van der Waals surface area contributed by atoms with Gasteiger partial charge in [-0.3, -0.25) is 0 Å². The maximum absolute atomic E-state index is 10.1. The van der Waals surface area contributed by atoms with Crippen molar-refractivity contribution in [2.75, 3.05) is 6.79 Å². The second-order valence-electron chi connectivity index (χ2n) is 4.46. The van der Waals surface area contributed by atoms with Gasteiger partial charge in [0.05, 0.1) is 12.1 Å². The molecule has 2 atom stereocenters. The highest BCUT2D eigenvalue weighted by atomic mass is 79.9. The van der Waals surface area contributed by atoms with Crippen LogP contribution in [0, 0.1) is 0 Å². The second-order valence-corrected chi connectivity index (χ2v) is 5.32. The van der Waals surface area contributed by atoms with Crippen molar-refractivity contribution < 1.29 is 14.6 Å². The molecule has 100 valence electrons. The normalized spacial score (nSPS) is 16.7. The first kappa shape index (κ1) is 13.6. The molecule has 0 spiro atoms. The first-order chi connectivity index (χ1) is 8.63. The average Bonchev–Trinajstić information content (AvgIpc) is 2.81. The lowest BCUT2D eigenvalue weighted by Gasteiger charge is -2.20. The topological polar surface area (TPSA) is 64.7 Å². The quantitative estimate of drug-likeness (QED) is 0.877. The van der Waals surface area contributed by atoms with Gasteiger partial charge in [-0.1, -0.05) is 35.7 Å². The Labute approximate surface area is 115 Å². The molecule has 0 amide bonds. The summed E-state index contributed by atoms with van der Waals surface area (Å²) in [5, 5.41) is 10.1. The molecule has 1 aliphatic heterocycles. The molecule has 0 fully saturated rings. The molecule has 0 unspecified atom stereocenters. The third kappa shape index (κ3) is 2.79. The van der Waals surface area contributed by atoms with Gasteiger partial charge in [0, 0.05) is 4.47 Å². The van der Waals surface area contributed by atoms with Gasteiger partial charge in [-0.25, -0.2) is 0 Å². The van der Waals surface area contributed by atoms with Crippen LogP contribution in [0.5, 0.6) is 11.5 Å². The Morgan fingerprint density at radius 1 is 1.39 bits per heavy atom. The van der Waals surface area contributed by atoms with Crippen LogP contribution in [0.3, 0.4) is 0 Å². The lowest BCUT2D eigenvalue weighted by molar-refractivity contribution is 0.132. The van der Waals surface area contributed by atoms with E-state index in [1.54, 1.807) is 0 Å². The number of fused-ring (bicyclic) bond motifs is 1. The fourth-order valence-corrected chi connectivity index (χ4v) is 2.58. The zero-order valence-corrected chi connectivity index (χ0v) is 11.9. The fourth-order valence-electron chi connectivity index (χ4n) is 1.99. The lowest BCUT2D eigenvalue weighted by atomic mass is 9.98. The van der Waals surface area contributed by atoms with Crippen LogP contribution < -0.4 is 15.2 Å². The maximum atomic E-state index is 10.1. The largest absolute Gasteiger partial charge is 0.454 e. The maximum Gasteiger partial charge on any atom is 0.231 e. The number of hydrogen-bond acceptors (Lipinski definition) is 4. The minimum Gasteiger partial charge on any atom is -0.454 e. The molecule has 0 saturated carbocycles. The van der Waals surface area contributed by atoms with Crippen molar-refractivity contribution in [2.24, 2.45) is 5.73 Å². The summed E-state index contributed by atoms with van der Waals surface area (Å²) in [4.78, 5) is 0. The van der Waals surface area contributed by atoms with Crippen LogP contribution in [0.2, 0.25) is 0 Å². The molecular formula is C13H18BrNO3.